The van der Waals surface area contributed by atoms with Crippen LogP contribution in [0.2, 0.25) is 0 Å². The van der Waals surface area contributed by atoms with E-state index >= 15 is 0 Å². The molecule has 3 rings (SSSR count). The number of nitrogens with one attached hydrogen (secondary N) is 1. The van der Waals surface area contributed by atoms with Gasteiger partial charge in [-0.15, -0.1) is 0 Å². The highest BCUT2D eigenvalue weighted by Gasteiger charge is 2.38. The molecule has 2 aromatic carbocycles. The summed E-state index contributed by atoms with van der Waals surface area (Å²) in [4.78, 5) is -0.444. The summed E-state index contributed by atoms with van der Waals surface area (Å²) in [5.41, 5.74) is 0.293. The van der Waals surface area contributed by atoms with Crippen LogP contribution in [0.25, 0.3) is 0 Å². The zero-order valence-corrected chi connectivity index (χ0v) is 18.9. The van der Waals surface area contributed by atoms with E-state index in [1.165, 1.54) is 18.2 Å². The smallest absolute Gasteiger partial charge is 0.261 e. The van der Waals surface area contributed by atoms with Crippen molar-refractivity contribution in [2.45, 2.75) is 41.4 Å². The summed E-state index contributed by atoms with van der Waals surface area (Å²) in [6.07, 6.45) is -0.0166. The number of hydrogen-bond acceptors (Lipinski definition) is 7. The van der Waals surface area contributed by atoms with Gasteiger partial charge in [0.25, 0.3) is 10.0 Å². The summed E-state index contributed by atoms with van der Waals surface area (Å²) in [6.45, 7) is 3.75. The Hall–Kier alpha value is -2.11. The maximum absolute atomic E-state index is 12.8. The first-order valence-corrected chi connectivity index (χ1v) is 14.1. The van der Waals surface area contributed by atoms with Crippen LogP contribution in [-0.4, -0.2) is 48.1 Å². The third-order valence-corrected chi connectivity index (χ3v) is 10.1. The van der Waals surface area contributed by atoms with Gasteiger partial charge in [0.15, 0.2) is 19.7 Å². The van der Waals surface area contributed by atoms with Gasteiger partial charge in [0.1, 0.15) is 5.75 Å². The number of sulfone groups is 2. The molecule has 0 radical (unpaired) electrons. The first-order chi connectivity index (χ1) is 13.9. The Kier molecular flexibility index (Phi) is 6.17. The van der Waals surface area contributed by atoms with Gasteiger partial charge in [-0.05, 0) is 62.7 Å². The molecule has 1 aliphatic rings. The third-order valence-electron chi connectivity index (χ3n) is 4.55. The van der Waals surface area contributed by atoms with Crippen LogP contribution < -0.4 is 9.46 Å². The van der Waals surface area contributed by atoms with E-state index in [1.807, 2.05) is 13.8 Å². The van der Waals surface area contributed by atoms with E-state index in [4.69, 9.17) is 4.74 Å². The molecule has 1 fully saturated rings. The number of benzene rings is 2. The lowest BCUT2D eigenvalue weighted by molar-refractivity contribution is 0.242. The zero-order valence-electron chi connectivity index (χ0n) is 16.5. The highest BCUT2D eigenvalue weighted by molar-refractivity contribution is 7.96. The maximum Gasteiger partial charge on any atom is 0.261 e. The van der Waals surface area contributed by atoms with Crippen LogP contribution in [0, 0.1) is 0 Å². The van der Waals surface area contributed by atoms with E-state index in [-0.39, 0.29) is 28.1 Å². The standard InChI is InChI=1S/C19H23NO7S3/c1-14(2)27-16-8-6-15(7-9-16)20-30(25,26)18-5-3-4-17(12-18)29(23,24)19-10-11-28(21,22)13-19/h3-9,12,14,19-20H,10-11,13H2,1-2H3. The van der Waals surface area contributed by atoms with Gasteiger partial charge < -0.3 is 4.74 Å². The van der Waals surface area contributed by atoms with Crippen LogP contribution in [0.1, 0.15) is 20.3 Å². The summed E-state index contributed by atoms with van der Waals surface area (Å²) >= 11 is 0. The van der Waals surface area contributed by atoms with Crippen molar-refractivity contribution in [1.82, 2.24) is 0 Å². The molecule has 11 heteroatoms. The lowest BCUT2D eigenvalue weighted by Crippen LogP contribution is -2.23. The molecule has 0 aliphatic carbocycles. The van der Waals surface area contributed by atoms with Gasteiger partial charge in [-0.2, -0.15) is 0 Å². The van der Waals surface area contributed by atoms with E-state index in [0.29, 0.717) is 11.4 Å². The fourth-order valence-electron chi connectivity index (χ4n) is 3.10. The van der Waals surface area contributed by atoms with E-state index in [1.54, 1.807) is 24.3 Å². The highest BCUT2D eigenvalue weighted by Crippen LogP contribution is 2.27. The van der Waals surface area contributed by atoms with Crippen LogP contribution in [0.5, 0.6) is 5.75 Å². The van der Waals surface area contributed by atoms with Crippen molar-refractivity contribution in [3.05, 3.63) is 48.5 Å². The van der Waals surface area contributed by atoms with Crippen molar-refractivity contribution in [1.29, 1.82) is 0 Å². The van der Waals surface area contributed by atoms with Crippen molar-refractivity contribution in [3.8, 4) is 5.75 Å². The molecule has 30 heavy (non-hydrogen) atoms. The minimum Gasteiger partial charge on any atom is -0.491 e. The number of anilines is 1. The second kappa shape index (κ2) is 8.20. The lowest BCUT2D eigenvalue weighted by Gasteiger charge is -2.13. The number of sulfonamides is 1. The monoisotopic (exact) mass is 473 g/mol. The number of ether oxygens (including phenoxy) is 1. The minimum absolute atomic E-state index is 0.00465. The summed E-state index contributed by atoms with van der Waals surface area (Å²) < 4.78 is 82.3. The van der Waals surface area contributed by atoms with Gasteiger partial charge in [-0.25, -0.2) is 25.3 Å². The average molecular weight is 474 g/mol. The van der Waals surface area contributed by atoms with Gasteiger partial charge in [0.2, 0.25) is 0 Å². The fraction of sp³-hybridized carbons (Fsp3) is 0.368. The van der Waals surface area contributed by atoms with Gasteiger partial charge in [0, 0.05) is 5.69 Å². The normalized spacial score (nSPS) is 19.0. The molecule has 1 atom stereocenters. The molecule has 1 heterocycles. The van der Waals surface area contributed by atoms with Crippen molar-refractivity contribution >= 4 is 35.4 Å². The molecular weight excluding hydrogens is 450 g/mol. The largest absolute Gasteiger partial charge is 0.491 e. The quantitative estimate of drug-likeness (QED) is 0.654. The summed E-state index contributed by atoms with van der Waals surface area (Å²) in [7, 11) is -11.4. The van der Waals surface area contributed by atoms with E-state index < -0.39 is 40.7 Å². The van der Waals surface area contributed by atoms with Gasteiger partial charge in [-0.1, -0.05) is 6.07 Å². The molecule has 8 nitrogen and oxygen atoms in total. The summed E-state index contributed by atoms with van der Waals surface area (Å²) in [5.74, 6) is -0.0463. The average Bonchev–Trinajstić information content (AvgIpc) is 3.03. The predicted molar refractivity (Wildman–Crippen MR) is 114 cm³/mol. The molecule has 1 N–H and O–H groups in total. The Labute approximate surface area is 177 Å². The fourth-order valence-corrected chi connectivity index (χ4v) is 8.69. The Morgan fingerprint density at radius 3 is 2.20 bits per heavy atom. The lowest BCUT2D eigenvalue weighted by atomic mass is 10.3. The molecule has 0 aromatic heterocycles. The number of hydrogen-bond donors (Lipinski definition) is 1. The Bertz CT molecular complexity index is 1230. The number of rotatable bonds is 7. The summed E-state index contributed by atoms with van der Waals surface area (Å²) in [6, 6.07) is 11.3. The zero-order chi connectivity index (χ0) is 22.2. The Morgan fingerprint density at radius 2 is 1.63 bits per heavy atom. The van der Waals surface area contributed by atoms with Crippen LogP contribution >= 0.6 is 0 Å². The minimum atomic E-state index is -4.05. The molecule has 2 aromatic rings. The van der Waals surface area contributed by atoms with Gasteiger partial charge in [-0.3, -0.25) is 4.72 Å². The first-order valence-electron chi connectivity index (χ1n) is 9.23. The molecule has 0 saturated carbocycles. The van der Waals surface area contributed by atoms with E-state index in [2.05, 4.69) is 4.72 Å². The van der Waals surface area contributed by atoms with Crippen molar-refractivity contribution in [3.63, 3.8) is 0 Å². The second-order valence-corrected chi connectivity index (χ2v) is 13.5. The SMILES string of the molecule is CC(C)Oc1ccc(NS(=O)(=O)c2cccc(S(=O)(=O)C3CCS(=O)(=O)C3)c2)cc1. The molecule has 0 amide bonds. The van der Waals surface area contributed by atoms with Gasteiger partial charge >= 0.3 is 0 Å². The van der Waals surface area contributed by atoms with Crippen molar-refractivity contribution in [2.75, 3.05) is 16.2 Å². The topological polar surface area (TPSA) is 124 Å². The van der Waals surface area contributed by atoms with Crippen LogP contribution in [0.3, 0.4) is 0 Å². The Morgan fingerprint density at radius 1 is 1.00 bits per heavy atom. The van der Waals surface area contributed by atoms with E-state index in [9.17, 15) is 25.3 Å². The van der Waals surface area contributed by atoms with Crippen molar-refractivity contribution in [2.24, 2.45) is 0 Å². The predicted octanol–water partition coefficient (Wildman–Crippen LogP) is 2.24. The van der Waals surface area contributed by atoms with Crippen LogP contribution in [-0.2, 0) is 29.7 Å². The molecule has 1 saturated heterocycles. The maximum atomic E-state index is 12.8. The highest BCUT2D eigenvalue weighted by atomic mass is 32.2. The molecular formula is C19H23NO7S3. The molecule has 0 bridgehead atoms. The molecule has 1 unspecified atom stereocenters. The molecule has 164 valence electrons. The third kappa shape index (κ3) is 5.13. The van der Waals surface area contributed by atoms with Gasteiger partial charge in [0.05, 0.1) is 32.7 Å². The van der Waals surface area contributed by atoms with Crippen LogP contribution in [0.4, 0.5) is 5.69 Å². The van der Waals surface area contributed by atoms with Crippen molar-refractivity contribution < 1.29 is 30.0 Å². The molecule has 1 aliphatic heterocycles. The summed E-state index contributed by atoms with van der Waals surface area (Å²) in [5, 5.41) is -1.07. The van der Waals surface area contributed by atoms with Crippen LogP contribution in [0.15, 0.2) is 58.3 Å². The van der Waals surface area contributed by atoms with E-state index in [0.717, 1.165) is 6.07 Å². The first kappa shape index (κ1) is 22.6. The molecule has 0 spiro atoms. The Balaban J connectivity index is 1.84. The second-order valence-electron chi connectivity index (χ2n) is 7.34.